The highest BCUT2D eigenvalue weighted by molar-refractivity contribution is 6.33. The summed E-state index contributed by atoms with van der Waals surface area (Å²) < 4.78 is 0. The van der Waals surface area contributed by atoms with Crippen molar-refractivity contribution in [3.8, 4) is 0 Å². The maximum atomic E-state index is 12.2. The molecule has 0 aliphatic carbocycles. The first-order valence-corrected chi connectivity index (χ1v) is 8.48. The number of hydrogen-bond donors (Lipinski definition) is 1. The lowest BCUT2D eigenvalue weighted by Gasteiger charge is -2.28. The van der Waals surface area contributed by atoms with Crippen LogP contribution in [0.4, 0.5) is 0 Å². The highest BCUT2D eigenvalue weighted by Crippen LogP contribution is 2.24. The number of hydrogen-bond acceptors (Lipinski definition) is 3. The zero-order chi connectivity index (χ0) is 16.6. The molecule has 1 aromatic heterocycles. The Morgan fingerprint density at radius 2 is 2.13 bits per heavy atom. The molecule has 0 atom stereocenters. The second kappa shape index (κ2) is 6.63. The Labute approximate surface area is 145 Å². The summed E-state index contributed by atoms with van der Waals surface area (Å²) in [4.78, 5) is 22.0. The van der Waals surface area contributed by atoms with Gasteiger partial charge in [0.05, 0.1) is 5.69 Å². The molecule has 0 fully saturated rings. The molecule has 0 bridgehead atoms. The van der Waals surface area contributed by atoms with E-state index in [1.54, 1.807) is 6.07 Å². The summed E-state index contributed by atoms with van der Waals surface area (Å²) in [5, 5.41) is 1.39. The number of halogens is 2. The van der Waals surface area contributed by atoms with E-state index in [-0.39, 0.29) is 11.5 Å². The van der Waals surface area contributed by atoms with Gasteiger partial charge in [-0.25, -0.2) is 4.98 Å². The van der Waals surface area contributed by atoms with E-state index in [0.29, 0.717) is 29.6 Å². The third kappa shape index (κ3) is 3.60. The monoisotopic (exact) mass is 351 g/mol. The molecule has 1 aliphatic rings. The van der Waals surface area contributed by atoms with Crippen LogP contribution >= 0.6 is 23.2 Å². The summed E-state index contributed by atoms with van der Waals surface area (Å²) in [5.41, 5.74) is 2.68. The van der Waals surface area contributed by atoms with Crippen molar-refractivity contribution in [2.24, 2.45) is 0 Å². The molecule has 2 aromatic rings. The fraction of sp³-hybridized carbons (Fsp3) is 0.412. The second-order valence-corrected chi connectivity index (χ2v) is 7.07. The molecule has 0 unspecified atom stereocenters. The van der Waals surface area contributed by atoms with Gasteiger partial charge in [-0.3, -0.25) is 9.69 Å². The van der Waals surface area contributed by atoms with E-state index >= 15 is 0 Å². The van der Waals surface area contributed by atoms with E-state index in [2.05, 4.69) is 14.9 Å². The Bertz CT molecular complexity index is 786. The van der Waals surface area contributed by atoms with Gasteiger partial charge >= 0.3 is 0 Å². The molecule has 1 aliphatic heterocycles. The first-order chi connectivity index (χ1) is 10.9. The molecule has 122 valence electrons. The predicted octanol–water partition coefficient (Wildman–Crippen LogP) is 3.76. The van der Waals surface area contributed by atoms with E-state index in [9.17, 15) is 4.79 Å². The van der Waals surface area contributed by atoms with Gasteiger partial charge in [-0.2, -0.15) is 0 Å². The van der Waals surface area contributed by atoms with Crippen LogP contribution < -0.4 is 5.56 Å². The van der Waals surface area contributed by atoms with Crippen molar-refractivity contribution in [3.63, 3.8) is 0 Å². The number of fused-ring (bicyclic) bond motifs is 1. The molecule has 4 nitrogen and oxygen atoms in total. The Hall–Kier alpha value is -1.36. The first kappa shape index (κ1) is 16.5. The minimum atomic E-state index is -0.000798. The van der Waals surface area contributed by atoms with Crippen molar-refractivity contribution >= 4 is 23.2 Å². The van der Waals surface area contributed by atoms with E-state index in [1.165, 1.54) is 0 Å². The first-order valence-electron chi connectivity index (χ1n) is 7.72. The highest BCUT2D eigenvalue weighted by Gasteiger charge is 2.22. The van der Waals surface area contributed by atoms with Crippen molar-refractivity contribution < 1.29 is 0 Å². The number of nitrogens with zero attached hydrogens (tertiary/aromatic N) is 2. The summed E-state index contributed by atoms with van der Waals surface area (Å²) in [7, 11) is 0. The minimum absolute atomic E-state index is 0.000798. The van der Waals surface area contributed by atoms with Gasteiger partial charge < -0.3 is 4.98 Å². The summed E-state index contributed by atoms with van der Waals surface area (Å²) >= 11 is 12.3. The van der Waals surface area contributed by atoms with Crippen molar-refractivity contribution in [2.75, 3.05) is 6.54 Å². The Morgan fingerprint density at radius 3 is 2.87 bits per heavy atom. The smallest absolute Gasteiger partial charge is 0.254 e. The van der Waals surface area contributed by atoms with E-state index in [4.69, 9.17) is 23.2 Å². The SMILES string of the molecule is CC(C)c1nc2c(c(=O)[nH]1)CCN(Cc1cc(Cl)ccc1Cl)C2. The molecule has 0 amide bonds. The van der Waals surface area contributed by atoms with Gasteiger partial charge in [0.25, 0.3) is 5.56 Å². The normalized spacial score (nSPS) is 15.0. The van der Waals surface area contributed by atoms with Crippen LogP contribution in [0.15, 0.2) is 23.0 Å². The molecule has 2 heterocycles. The molecule has 0 spiro atoms. The number of benzene rings is 1. The van der Waals surface area contributed by atoms with Crippen molar-refractivity contribution in [2.45, 2.75) is 39.3 Å². The van der Waals surface area contributed by atoms with Crippen LogP contribution in [0, 0.1) is 0 Å². The molecular weight excluding hydrogens is 333 g/mol. The maximum absolute atomic E-state index is 12.2. The lowest BCUT2D eigenvalue weighted by molar-refractivity contribution is 0.240. The number of H-pyrrole nitrogens is 1. The van der Waals surface area contributed by atoms with Crippen LogP contribution in [-0.4, -0.2) is 21.4 Å². The maximum Gasteiger partial charge on any atom is 0.254 e. The molecule has 23 heavy (non-hydrogen) atoms. The predicted molar refractivity (Wildman–Crippen MR) is 93.2 cm³/mol. The van der Waals surface area contributed by atoms with Gasteiger partial charge in [-0.1, -0.05) is 37.0 Å². The molecular formula is C17H19Cl2N3O. The molecule has 1 aromatic carbocycles. The van der Waals surface area contributed by atoms with Gasteiger partial charge in [0.1, 0.15) is 5.82 Å². The fourth-order valence-electron chi connectivity index (χ4n) is 2.83. The topological polar surface area (TPSA) is 49.0 Å². The average molecular weight is 352 g/mol. The Balaban J connectivity index is 1.85. The van der Waals surface area contributed by atoms with Crippen LogP contribution in [0.25, 0.3) is 0 Å². The highest BCUT2D eigenvalue weighted by atomic mass is 35.5. The van der Waals surface area contributed by atoms with E-state index < -0.39 is 0 Å². The number of aromatic amines is 1. The van der Waals surface area contributed by atoms with Crippen LogP contribution in [0.1, 0.15) is 42.4 Å². The molecule has 1 N–H and O–H groups in total. The minimum Gasteiger partial charge on any atom is -0.310 e. The van der Waals surface area contributed by atoms with Gasteiger partial charge in [0, 0.05) is 41.2 Å². The van der Waals surface area contributed by atoms with Crippen LogP contribution in [0.2, 0.25) is 10.0 Å². The quantitative estimate of drug-likeness (QED) is 0.915. The number of aromatic nitrogens is 2. The van der Waals surface area contributed by atoms with Gasteiger partial charge in [0.15, 0.2) is 0 Å². The molecule has 0 saturated heterocycles. The molecule has 3 rings (SSSR count). The molecule has 0 radical (unpaired) electrons. The Kier molecular flexibility index (Phi) is 4.76. The second-order valence-electron chi connectivity index (χ2n) is 6.23. The van der Waals surface area contributed by atoms with Gasteiger partial charge in [0.2, 0.25) is 0 Å². The fourth-order valence-corrected chi connectivity index (χ4v) is 3.20. The van der Waals surface area contributed by atoms with Gasteiger partial charge in [-0.05, 0) is 30.2 Å². The summed E-state index contributed by atoms with van der Waals surface area (Å²) in [6.07, 6.45) is 0.703. The largest absolute Gasteiger partial charge is 0.310 e. The van der Waals surface area contributed by atoms with Crippen LogP contribution in [-0.2, 0) is 19.5 Å². The zero-order valence-corrected chi connectivity index (χ0v) is 14.7. The van der Waals surface area contributed by atoms with E-state index in [0.717, 1.165) is 29.2 Å². The van der Waals surface area contributed by atoms with Crippen molar-refractivity contribution in [1.82, 2.24) is 14.9 Å². The van der Waals surface area contributed by atoms with E-state index in [1.807, 2.05) is 26.0 Å². The lowest BCUT2D eigenvalue weighted by atomic mass is 10.0. The van der Waals surface area contributed by atoms with Gasteiger partial charge in [-0.15, -0.1) is 0 Å². The number of rotatable bonds is 3. The van der Waals surface area contributed by atoms with Crippen LogP contribution in [0.5, 0.6) is 0 Å². The molecule has 0 saturated carbocycles. The van der Waals surface area contributed by atoms with Crippen LogP contribution in [0.3, 0.4) is 0 Å². The van der Waals surface area contributed by atoms with Crippen molar-refractivity contribution in [1.29, 1.82) is 0 Å². The lowest BCUT2D eigenvalue weighted by Crippen LogP contribution is -2.35. The standard InChI is InChI=1S/C17H19Cl2N3O/c1-10(2)16-20-15-9-22(6-5-13(15)17(23)21-16)8-11-7-12(18)3-4-14(11)19/h3-4,7,10H,5-6,8-9H2,1-2H3,(H,20,21,23). The summed E-state index contributed by atoms with van der Waals surface area (Å²) in [6, 6.07) is 5.50. The summed E-state index contributed by atoms with van der Waals surface area (Å²) in [5.74, 6) is 0.946. The third-order valence-corrected chi connectivity index (χ3v) is 4.72. The zero-order valence-electron chi connectivity index (χ0n) is 13.2. The van der Waals surface area contributed by atoms with Crippen molar-refractivity contribution in [3.05, 3.63) is 61.2 Å². The average Bonchev–Trinajstić information content (AvgIpc) is 2.50. The number of nitrogens with one attached hydrogen (secondary N) is 1. The summed E-state index contributed by atoms with van der Waals surface area (Å²) in [6.45, 7) is 6.21. The molecule has 6 heteroatoms. The Morgan fingerprint density at radius 1 is 1.35 bits per heavy atom. The third-order valence-electron chi connectivity index (χ3n) is 4.12.